The molecule has 1 atom stereocenters. The Balaban J connectivity index is 2.23. The fraction of sp³-hybridized carbons (Fsp3) is 0.588. The molecule has 0 aromatic heterocycles. The maximum Gasteiger partial charge on any atom is 0.133 e. The van der Waals surface area contributed by atoms with E-state index in [1.807, 2.05) is 18.2 Å². The lowest BCUT2D eigenvalue weighted by molar-refractivity contribution is -0.120. The monoisotopic (exact) mass is 261 g/mol. The van der Waals surface area contributed by atoms with E-state index in [1.54, 1.807) is 0 Å². The molecule has 0 heterocycles. The number of aryl methyl sites for hydroxylation is 1. The van der Waals surface area contributed by atoms with Gasteiger partial charge in [0.1, 0.15) is 5.78 Å². The first kappa shape index (κ1) is 15.9. The number of ketones is 1. The highest BCUT2D eigenvalue weighted by atomic mass is 16.1. The van der Waals surface area contributed by atoms with Gasteiger partial charge in [-0.3, -0.25) is 4.79 Å². The minimum absolute atomic E-state index is 0.365. The molecule has 0 bridgehead atoms. The molecule has 1 unspecified atom stereocenters. The Kier molecular flexibility index (Phi) is 7.42. The van der Waals surface area contributed by atoms with Crippen LogP contribution in [0.4, 0.5) is 0 Å². The molecule has 19 heavy (non-hydrogen) atoms. The summed E-state index contributed by atoms with van der Waals surface area (Å²) in [7, 11) is 0. The van der Waals surface area contributed by atoms with Gasteiger partial charge in [-0.25, -0.2) is 0 Å². The SMILES string of the molecule is CC(C)CC(CN)CC(=O)CCCc1ccccc1. The summed E-state index contributed by atoms with van der Waals surface area (Å²) in [5, 5.41) is 0. The van der Waals surface area contributed by atoms with Crippen molar-refractivity contribution in [1.82, 2.24) is 0 Å². The molecule has 0 aliphatic rings. The Labute approximate surface area is 117 Å². The summed E-state index contributed by atoms with van der Waals surface area (Å²) in [6, 6.07) is 10.3. The predicted octanol–water partition coefficient (Wildman–Crippen LogP) is 3.59. The largest absolute Gasteiger partial charge is 0.330 e. The molecule has 2 N–H and O–H groups in total. The van der Waals surface area contributed by atoms with Gasteiger partial charge >= 0.3 is 0 Å². The summed E-state index contributed by atoms with van der Waals surface area (Å²) < 4.78 is 0. The number of carbonyl (C=O) groups excluding carboxylic acids is 1. The summed E-state index contributed by atoms with van der Waals surface area (Å²) in [4.78, 5) is 11.9. The Hall–Kier alpha value is -1.15. The van der Waals surface area contributed by atoms with Gasteiger partial charge in [0.25, 0.3) is 0 Å². The molecular weight excluding hydrogens is 234 g/mol. The maximum atomic E-state index is 11.9. The minimum Gasteiger partial charge on any atom is -0.330 e. The lowest BCUT2D eigenvalue weighted by Gasteiger charge is -2.16. The molecule has 106 valence electrons. The highest BCUT2D eigenvalue weighted by Gasteiger charge is 2.13. The molecule has 0 saturated carbocycles. The van der Waals surface area contributed by atoms with E-state index in [-0.39, 0.29) is 0 Å². The van der Waals surface area contributed by atoms with Crippen molar-refractivity contribution in [2.24, 2.45) is 17.6 Å². The van der Waals surface area contributed by atoms with Crippen LogP contribution in [0.2, 0.25) is 0 Å². The smallest absolute Gasteiger partial charge is 0.133 e. The molecule has 0 saturated heterocycles. The summed E-state index contributed by atoms with van der Waals surface area (Å²) in [6.07, 6.45) is 4.33. The third kappa shape index (κ3) is 7.12. The number of hydrogen-bond acceptors (Lipinski definition) is 2. The lowest BCUT2D eigenvalue weighted by atomic mass is 9.91. The second kappa shape index (κ2) is 8.87. The van der Waals surface area contributed by atoms with E-state index in [2.05, 4.69) is 26.0 Å². The van der Waals surface area contributed by atoms with Crippen LogP contribution in [0.3, 0.4) is 0 Å². The molecule has 2 nitrogen and oxygen atoms in total. The molecule has 1 aromatic carbocycles. The van der Waals surface area contributed by atoms with E-state index in [0.717, 1.165) is 19.3 Å². The molecule has 0 aliphatic carbocycles. The number of benzene rings is 1. The summed E-state index contributed by atoms with van der Waals surface area (Å²) >= 11 is 0. The van der Waals surface area contributed by atoms with E-state index in [4.69, 9.17) is 5.73 Å². The van der Waals surface area contributed by atoms with E-state index in [0.29, 0.717) is 37.0 Å². The van der Waals surface area contributed by atoms with Crippen molar-refractivity contribution in [3.05, 3.63) is 35.9 Å². The zero-order chi connectivity index (χ0) is 14.1. The van der Waals surface area contributed by atoms with Crippen LogP contribution < -0.4 is 5.73 Å². The van der Waals surface area contributed by atoms with Gasteiger partial charge in [-0.15, -0.1) is 0 Å². The first-order chi connectivity index (χ1) is 9.11. The molecule has 0 spiro atoms. The molecule has 2 heteroatoms. The van der Waals surface area contributed by atoms with Crippen molar-refractivity contribution < 1.29 is 4.79 Å². The number of carbonyl (C=O) groups is 1. The van der Waals surface area contributed by atoms with Crippen molar-refractivity contribution in [1.29, 1.82) is 0 Å². The van der Waals surface area contributed by atoms with Crippen LogP contribution in [0.5, 0.6) is 0 Å². The van der Waals surface area contributed by atoms with Gasteiger partial charge in [-0.05, 0) is 43.2 Å². The van der Waals surface area contributed by atoms with Gasteiger partial charge in [0.2, 0.25) is 0 Å². The Bertz CT molecular complexity index is 359. The highest BCUT2D eigenvalue weighted by molar-refractivity contribution is 5.78. The number of nitrogens with two attached hydrogens (primary N) is 1. The van der Waals surface area contributed by atoms with Crippen LogP contribution in [0, 0.1) is 11.8 Å². The third-order valence-electron chi connectivity index (χ3n) is 3.42. The van der Waals surface area contributed by atoms with Gasteiger partial charge < -0.3 is 5.73 Å². The van der Waals surface area contributed by atoms with Crippen LogP contribution >= 0.6 is 0 Å². The average Bonchev–Trinajstić information content (AvgIpc) is 2.38. The number of Topliss-reactive ketones (excluding diaryl/α,β-unsaturated/α-hetero) is 1. The predicted molar refractivity (Wildman–Crippen MR) is 81.0 cm³/mol. The Morgan fingerprint density at radius 1 is 1.21 bits per heavy atom. The van der Waals surface area contributed by atoms with Crippen LogP contribution in [-0.4, -0.2) is 12.3 Å². The van der Waals surface area contributed by atoms with Crippen molar-refractivity contribution >= 4 is 5.78 Å². The summed E-state index contributed by atoms with van der Waals surface area (Å²) in [6.45, 7) is 4.99. The van der Waals surface area contributed by atoms with Gasteiger partial charge in [0.15, 0.2) is 0 Å². The van der Waals surface area contributed by atoms with Gasteiger partial charge in [-0.2, -0.15) is 0 Å². The van der Waals surface area contributed by atoms with Crippen molar-refractivity contribution in [3.8, 4) is 0 Å². The molecular formula is C17H27NO. The lowest BCUT2D eigenvalue weighted by Crippen LogP contribution is -2.20. The fourth-order valence-electron chi connectivity index (χ4n) is 2.49. The minimum atomic E-state index is 0.365. The summed E-state index contributed by atoms with van der Waals surface area (Å²) in [5.74, 6) is 1.35. The normalized spacial score (nSPS) is 12.6. The van der Waals surface area contributed by atoms with Gasteiger partial charge in [0.05, 0.1) is 0 Å². The standard InChI is InChI=1S/C17H27NO/c1-14(2)11-16(13-18)12-17(19)10-6-9-15-7-4-3-5-8-15/h3-5,7-8,14,16H,6,9-13,18H2,1-2H3. The molecule has 0 aliphatic heterocycles. The molecule has 0 radical (unpaired) electrons. The van der Waals surface area contributed by atoms with Gasteiger partial charge in [-0.1, -0.05) is 44.2 Å². The van der Waals surface area contributed by atoms with Gasteiger partial charge in [0, 0.05) is 12.8 Å². The van der Waals surface area contributed by atoms with Crippen molar-refractivity contribution in [3.63, 3.8) is 0 Å². The third-order valence-corrected chi connectivity index (χ3v) is 3.42. The zero-order valence-electron chi connectivity index (χ0n) is 12.3. The van der Waals surface area contributed by atoms with E-state index >= 15 is 0 Å². The highest BCUT2D eigenvalue weighted by Crippen LogP contribution is 2.16. The number of hydrogen-bond donors (Lipinski definition) is 1. The van der Waals surface area contributed by atoms with Crippen LogP contribution in [0.25, 0.3) is 0 Å². The first-order valence-electron chi connectivity index (χ1n) is 7.37. The maximum absolute atomic E-state index is 11.9. The van der Waals surface area contributed by atoms with E-state index in [1.165, 1.54) is 5.56 Å². The topological polar surface area (TPSA) is 43.1 Å². The number of rotatable bonds is 9. The molecule has 0 amide bonds. The molecule has 1 aromatic rings. The second-order valence-electron chi connectivity index (χ2n) is 5.81. The average molecular weight is 261 g/mol. The van der Waals surface area contributed by atoms with Crippen molar-refractivity contribution in [2.45, 2.75) is 46.0 Å². The van der Waals surface area contributed by atoms with Crippen LogP contribution in [0.15, 0.2) is 30.3 Å². The van der Waals surface area contributed by atoms with Crippen LogP contribution in [0.1, 0.15) is 45.1 Å². The Morgan fingerprint density at radius 2 is 1.89 bits per heavy atom. The molecule has 0 fully saturated rings. The zero-order valence-corrected chi connectivity index (χ0v) is 12.3. The van der Waals surface area contributed by atoms with E-state index < -0.39 is 0 Å². The first-order valence-corrected chi connectivity index (χ1v) is 7.37. The van der Waals surface area contributed by atoms with Crippen LogP contribution in [-0.2, 0) is 11.2 Å². The second-order valence-corrected chi connectivity index (χ2v) is 5.81. The fourth-order valence-corrected chi connectivity index (χ4v) is 2.49. The van der Waals surface area contributed by atoms with Crippen molar-refractivity contribution in [2.75, 3.05) is 6.54 Å². The molecule has 1 rings (SSSR count). The van der Waals surface area contributed by atoms with E-state index in [9.17, 15) is 4.79 Å². The Morgan fingerprint density at radius 3 is 2.47 bits per heavy atom. The summed E-state index contributed by atoms with van der Waals surface area (Å²) in [5.41, 5.74) is 7.05. The quantitative estimate of drug-likeness (QED) is 0.738.